The van der Waals surface area contributed by atoms with Crippen molar-refractivity contribution in [1.29, 1.82) is 0 Å². The zero-order chi connectivity index (χ0) is 6.85. The van der Waals surface area contributed by atoms with Crippen molar-refractivity contribution < 1.29 is 9.50 Å². The van der Waals surface area contributed by atoms with Crippen LogP contribution in [0.3, 0.4) is 0 Å². The maximum atomic E-state index is 12.2. The molecule has 0 aliphatic heterocycles. The summed E-state index contributed by atoms with van der Waals surface area (Å²) >= 11 is 5.24. The first-order valence-corrected chi connectivity index (χ1v) is 2.70. The SMILES string of the molecule is [O]c1ccc(F)c(Cl)c1. The van der Waals surface area contributed by atoms with E-state index in [-0.39, 0.29) is 10.8 Å². The van der Waals surface area contributed by atoms with Crippen molar-refractivity contribution in [1.82, 2.24) is 0 Å². The minimum absolute atomic E-state index is 0.123. The normalized spacial score (nSPS) is 9.56. The first-order chi connectivity index (χ1) is 4.20. The number of rotatable bonds is 0. The molecule has 0 spiro atoms. The smallest absolute Gasteiger partial charge is 0.180 e. The van der Waals surface area contributed by atoms with Gasteiger partial charge in [-0.15, -0.1) is 0 Å². The second kappa shape index (κ2) is 2.23. The molecule has 3 heteroatoms. The third-order valence-corrected chi connectivity index (χ3v) is 1.18. The van der Waals surface area contributed by atoms with Gasteiger partial charge in [0.15, 0.2) is 5.75 Å². The Hall–Kier alpha value is -0.760. The molecular weight excluding hydrogens is 143 g/mol. The number of hydrogen-bond donors (Lipinski definition) is 0. The van der Waals surface area contributed by atoms with Crippen LogP contribution in [0.15, 0.2) is 18.2 Å². The van der Waals surface area contributed by atoms with E-state index in [4.69, 9.17) is 11.6 Å². The molecule has 1 aromatic carbocycles. The van der Waals surface area contributed by atoms with Gasteiger partial charge in [0, 0.05) is 6.07 Å². The Morgan fingerprint density at radius 2 is 2.11 bits per heavy atom. The summed E-state index contributed by atoms with van der Waals surface area (Å²) in [5.74, 6) is -0.835. The lowest BCUT2D eigenvalue weighted by molar-refractivity contribution is 0.354. The van der Waals surface area contributed by atoms with Crippen LogP contribution >= 0.6 is 11.6 Å². The Morgan fingerprint density at radius 1 is 1.44 bits per heavy atom. The molecule has 0 amide bonds. The topological polar surface area (TPSA) is 19.9 Å². The van der Waals surface area contributed by atoms with Crippen LogP contribution in [0.4, 0.5) is 4.39 Å². The van der Waals surface area contributed by atoms with Crippen molar-refractivity contribution in [2.24, 2.45) is 0 Å². The maximum Gasteiger partial charge on any atom is 0.180 e. The summed E-state index contributed by atoms with van der Waals surface area (Å²) in [6.45, 7) is 0. The first-order valence-electron chi connectivity index (χ1n) is 2.32. The van der Waals surface area contributed by atoms with E-state index in [1.165, 1.54) is 0 Å². The highest BCUT2D eigenvalue weighted by Gasteiger charge is 1.98. The monoisotopic (exact) mass is 145 g/mol. The summed E-state index contributed by atoms with van der Waals surface area (Å²) < 4.78 is 12.2. The molecule has 0 atom stereocenters. The molecule has 0 unspecified atom stereocenters. The van der Waals surface area contributed by atoms with Crippen molar-refractivity contribution in [3.63, 3.8) is 0 Å². The fourth-order valence-electron chi connectivity index (χ4n) is 0.477. The summed E-state index contributed by atoms with van der Waals surface area (Å²) in [5.41, 5.74) is 0. The average Bonchev–Trinajstić information content (AvgIpc) is 1.80. The summed E-state index contributed by atoms with van der Waals surface area (Å²) in [5, 5.41) is 10.3. The zero-order valence-electron chi connectivity index (χ0n) is 4.40. The van der Waals surface area contributed by atoms with Gasteiger partial charge in [-0.2, -0.15) is 0 Å². The summed E-state index contributed by atoms with van der Waals surface area (Å²) in [4.78, 5) is 0. The quantitative estimate of drug-likeness (QED) is 0.535. The molecule has 1 aromatic rings. The Morgan fingerprint density at radius 3 is 2.56 bits per heavy atom. The lowest BCUT2D eigenvalue weighted by Gasteiger charge is -1.89. The molecule has 0 aliphatic carbocycles. The zero-order valence-corrected chi connectivity index (χ0v) is 5.15. The van der Waals surface area contributed by atoms with E-state index in [1.807, 2.05) is 0 Å². The molecule has 0 fully saturated rings. The third kappa shape index (κ3) is 1.33. The molecule has 0 bridgehead atoms. The Labute approximate surface area is 56.7 Å². The molecule has 0 aromatic heterocycles. The number of hydrogen-bond acceptors (Lipinski definition) is 0. The van der Waals surface area contributed by atoms with E-state index in [0.29, 0.717) is 0 Å². The molecule has 1 radical (unpaired) electrons. The summed E-state index contributed by atoms with van der Waals surface area (Å²) in [6.07, 6.45) is 0. The van der Waals surface area contributed by atoms with Gasteiger partial charge in [-0.3, -0.25) is 5.11 Å². The Balaban J connectivity index is 3.17. The lowest BCUT2D eigenvalue weighted by Crippen LogP contribution is -1.72. The largest absolute Gasteiger partial charge is 0.290 e. The number of benzene rings is 1. The third-order valence-electron chi connectivity index (χ3n) is 0.891. The molecule has 9 heavy (non-hydrogen) atoms. The van der Waals surface area contributed by atoms with E-state index >= 15 is 0 Å². The van der Waals surface area contributed by atoms with Crippen LogP contribution in [0.2, 0.25) is 5.02 Å². The van der Waals surface area contributed by atoms with Crippen molar-refractivity contribution >= 4 is 11.6 Å². The van der Waals surface area contributed by atoms with E-state index in [2.05, 4.69) is 0 Å². The second-order valence-corrected chi connectivity index (χ2v) is 1.98. The van der Waals surface area contributed by atoms with Gasteiger partial charge in [-0.25, -0.2) is 4.39 Å². The fraction of sp³-hybridized carbons (Fsp3) is 0. The van der Waals surface area contributed by atoms with Crippen LogP contribution in [0.5, 0.6) is 5.75 Å². The predicted molar refractivity (Wildman–Crippen MR) is 31.5 cm³/mol. The maximum absolute atomic E-state index is 12.2. The highest BCUT2D eigenvalue weighted by Crippen LogP contribution is 2.19. The predicted octanol–water partition coefficient (Wildman–Crippen LogP) is 2.62. The van der Waals surface area contributed by atoms with Gasteiger partial charge in [0.05, 0.1) is 5.02 Å². The molecule has 0 aliphatic rings. The van der Waals surface area contributed by atoms with Crippen molar-refractivity contribution in [3.8, 4) is 5.75 Å². The van der Waals surface area contributed by atoms with Gasteiger partial charge >= 0.3 is 0 Å². The van der Waals surface area contributed by atoms with Crippen molar-refractivity contribution in [2.75, 3.05) is 0 Å². The second-order valence-electron chi connectivity index (χ2n) is 1.58. The van der Waals surface area contributed by atoms with Crippen molar-refractivity contribution in [2.45, 2.75) is 0 Å². The highest BCUT2D eigenvalue weighted by molar-refractivity contribution is 6.30. The lowest BCUT2D eigenvalue weighted by atomic mass is 10.3. The number of halogens is 2. The minimum atomic E-state index is -0.559. The first kappa shape index (κ1) is 6.36. The summed E-state index contributed by atoms with van der Waals surface area (Å²) in [6, 6.07) is 3.21. The Kier molecular flexibility index (Phi) is 1.58. The van der Waals surface area contributed by atoms with Gasteiger partial charge in [0.25, 0.3) is 0 Å². The van der Waals surface area contributed by atoms with Crippen LogP contribution in [0.1, 0.15) is 0 Å². The highest BCUT2D eigenvalue weighted by atomic mass is 35.5. The molecule has 0 N–H and O–H groups in total. The van der Waals surface area contributed by atoms with Gasteiger partial charge in [-0.05, 0) is 12.1 Å². The van der Waals surface area contributed by atoms with E-state index in [9.17, 15) is 9.50 Å². The molecule has 0 saturated carbocycles. The van der Waals surface area contributed by atoms with Gasteiger partial charge in [0.2, 0.25) is 0 Å². The van der Waals surface area contributed by atoms with E-state index in [1.54, 1.807) is 0 Å². The molecule has 1 rings (SSSR count). The molecule has 1 nitrogen and oxygen atoms in total. The van der Waals surface area contributed by atoms with Crippen LogP contribution in [0.25, 0.3) is 0 Å². The van der Waals surface area contributed by atoms with Crippen LogP contribution < -0.4 is 0 Å². The van der Waals surface area contributed by atoms with Gasteiger partial charge in [-0.1, -0.05) is 11.6 Å². The molecular formula is C6H3ClFO. The van der Waals surface area contributed by atoms with Crippen molar-refractivity contribution in [3.05, 3.63) is 29.0 Å². The van der Waals surface area contributed by atoms with Crippen LogP contribution in [0, 0.1) is 5.82 Å². The Bertz CT molecular complexity index is 224. The van der Waals surface area contributed by atoms with Gasteiger partial charge in [0.1, 0.15) is 5.82 Å². The molecule has 0 saturated heterocycles. The minimum Gasteiger partial charge on any atom is -0.290 e. The van der Waals surface area contributed by atoms with Crippen LogP contribution in [-0.2, 0) is 5.11 Å². The molecule has 47 valence electrons. The fourth-order valence-corrected chi connectivity index (χ4v) is 0.647. The van der Waals surface area contributed by atoms with Gasteiger partial charge < -0.3 is 0 Å². The van der Waals surface area contributed by atoms with E-state index < -0.39 is 5.82 Å². The molecule has 0 heterocycles. The van der Waals surface area contributed by atoms with Crippen LogP contribution in [-0.4, -0.2) is 0 Å². The van der Waals surface area contributed by atoms with E-state index in [0.717, 1.165) is 18.2 Å². The summed E-state index contributed by atoms with van der Waals surface area (Å²) in [7, 11) is 0. The standard InChI is InChI=1S/C6H3ClFO/c7-5-3-4(9)1-2-6(5)8/h1-3H. The average molecular weight is 146 g/mol.